The van der Waals surface area contributed by atoms with E-state index < -0.39 is 0 Å². The number of aliphatic hydroxyl groups is 1. The Morgan fingerprint density at radius 2 is 2.00 bits per heavy atom. The van der Waals surface area contributed by atoms with Crippen LogP contribution in [0, 0.1) is 0 Å². The highest BCUT2D eigenvalue weighted by Crippen LogP contribution is 2.40. The fraction of sp³-hybridized carbons (Fsp3) is 0.533. The highest BCUT2D eigenvalue weighted by molar-refractivity contribution is 7.99. The predicted molar refractivity (Wildman–Crippen MR) is 80.0 cm³/mol. The number of hydrogen-bond acceptors (Lipinski definition) is 4. The number of β-amino-alcohol motifs (C(OH)–C–C–N with tert-alkyl or cyclic N) is 1. The molecule has 1 unspecified atom stereocenters. The first-order valence-electron chi connectivity index (χ1n) is 7.13. The molecule has 2 aliphatic rings. The van der Waals surface area contributed by atoms with Crippen molar-refractivity contribution in [3.8, 4) is 0 Å². The number of carbonyl (C=O) groups is 1. The van der Waals surface area contributed by atoms with Gasteiger partial charge in [0.2, 0.25) is 5.91 Å². The zero-order valence-corrected chi connectivity index (χ0v) is 12.3. The zero-order valence-electron chi connectivity index (χ0n) is 11.5. The summed E-state index contributed by atoms with van der Waals surface area (Å²) in [6, 6.07) is 8.24. The molecule has 1 aromatic rings. The Morgan fingerprint density at radius 1 is 1.25 bits per heavy atom. The van der Waals surface area contributed by atoms with Crippen LogP contribution in [0.5, 0.6) is 0 Å². The molecule has 1 aromatic carbocycles. The number of piperazine rings is 1. The minimum Gasteiger partial charge on any atom is -0.395 e. The maximum atomic E-state index is 12.7. The van der Waals surface area contributed by atoms with Crippen LogP contribution in [0.2, 0.25) is 0 Å². The Hall–Kier alpha value is -1.04. The lowest BCUT2D eigenvalue weighted by atomic mass is 9.99. The van der Waals surface area contributed by atoms with Gasteiger partial charge in [-0.3, -0.25) is 9.69 Å². The van der Waals surface area contributed by atoms with Crippen LogP contribution in [-0.2, 0) is 4.79 Å². The Labute approximate surface area is 123 Å². The van der Waals surface area contributed by atoms with Crippen molar-refractivity contribution in [1.82, 2.24) is 9.80 Å². The average Bonchev–Trinajstić information content (AvgIpc) is 2.92. The van der Waals surface area contributed by atoms with Crippen LogP contribution < -0.4 is 0 Å². The third-order valence-electron chi connectivity index (χ3n) is 4.10. The quantitative estimate of drug-likeness (QED) is 0.903. The van der Waals surface area contributed by atoms with Gasteiger partial charge in [0.05, 0.1) is 12.5 Å². The molecule has 0 radical (unpaired) electrons. The van der Waals surface area contributed by atoms with Gasteiger partial charge in [0.15, 0.2) is 0 Å². The van der Waals surface area contributed by atoms with Crippen LogP contribution in [0.15, 0.2) is 29.2 Å². The Morgan fingerprint density at radius 3 is 2.75 bits per heavy atom. The number of carbonyl (C=O) groups excluding carboxylic acids is 1. The summed E-state index contributed by atoms with van der Waals surface area (Å²) in [7, 11) is 0. The molecule has 1 atom stereocenters. The monoisotopic (exact) mass is 292 g/mol. The van der Waals surface area contributed by atoms with Crippen molar-refractivity contribution in [2.45, 2.75) is 10.8 Å². The molecule has 0 aliphatic carbocycles. The van der Waals surface area contributed by atoms with Gasteiger partial charge in [-0.1, -0.05) is 18.2 Å². The average molecular weight is 292 g/mol. The summed E-state index contributed by atoms with van der Waals surface area (Å²) >= 11 is 1.79. The minimum absolute atomic E-state index is 0.0283. The number of thioether (sulfide) groups is 1. The second-order valence-corrected chi connectivity index (χ2v) is 6.35. The topological polar surface area (TPSA) is 43.8 Å². The summed E-state index contributed by atoms with van der Waals surface area (Å²) in [6.07, 6.45) is 0. The van der Waals surface area contributed by atoms with E-state index in [9.17, 15) is 4.79 Å². The number of nitrogens with zero attached hydrogens (tertiary/aromatic N) is 2. The van der Waals surface area contributed by atoms with Gasteiger partial charge in [0.25, 0.3) is 0 Å². The molecule has 3 rings (SSSR count). The number of hydrogen-bond donors (Lipinski definition) is 1. The van der Waals surface area contributed by atoms with E-state index in [4.69, 9.17) is 5.11 Å². The van der Waals surface area contributed by atoms with Crippen molar-refractivity contribution in [3.63, 3.8) is 0 Å². The fourth-order valence-electron chi connectivity index (χ4n) is 2.92. The fourth-order valence-corrected chi connectivity index (χ4v) is 4.14. The molecule has 5 heteroatoms. The Balaban J connectivity index is 1.64. The van der Waals surface area contributed by atoms with E-state index in [2.05, 4.69) is 17.0 Å². The molecular weight excluding hydrogens is 272 g/mol. The summed E-state index contributed by atoms with van der Waals surface area (Å²) in [6.45, 7) is 4.21. The van der Waals surface area contributed by atoms with Crippen LogP contribution in [0.25, 0.3) is 0 Å². The standard InChI is InChI=1S/C15H20N2O2S/c18-10-9-16-5-7-17(8-6-16)15(19)13-11-20-14-4-2-1-3-12(13)14/h1-4,13,18H,5-11H2. The van der Waals surface area contributed by atoms with Gasteiger partial charge in [-0.15, -0.1) is 11.8 Å². The number of fused-ring (bicyclic) bond motifs is 1. The van der Waals surface area contributed by atoms with E-state index in [1.54, 1.807) is 11.8 Å². The molecule has 20 heavy (non-hydrogen) atoms. The maximum absolute atomic E-state index is 12.7. The molecule has 4 nitrogen and oxygen atoms in total. The van der Waals surface area contributed by atoms with Crippen LogP contribution in [0.4, 0.5) is 0 Å². The van der Waals surface area contributed by atoms with Gasteiger partial charge >= 0.3 is 0 Å². The normalized spacial score (nSPS) is 22.9. The highest BCUT2D eigenvalue weighted by Gasteiger charge is 2.33. The lowest BCUT2D eigenvalue weighted by Crippen LogP contribution is -2.50. The second-order valence-electron chi connectivity index (χ2n) is 5.29. The summed E-state index contributed by atoms with van der Waals surface area (Å²) < 4.78 is 0. The molecule has 0 spiro atoms. The molecule has 1 fully saturated rings. The third kappa shape index (κ3) is 2.71. The molecule has 0 saturated carbocycles. The third-order valence-corrected chi connectivity index (χ3v) is 5.28. The maximum Gasteiger partial charge on any atom is 0.231 e. The lowest BCUT2D eigenvalue weighted by molar-refractivity contribution is -0.134. The first-order chi connectivity index (χ1) is 9.79. The van der Waals surface area contributed by atoms with E-state index in [0.29, 0.717) is 6.54 Å². The molecule has 1 N–H and O–H groups in total. The van der Waals surface area contributed by atoms with Gasteiger partial charge < -0.3 is 10.0 Å². The van der Waals surface area contributed by atoms with E-state index in [0.717, 1.165) is 31.9 Å². The molecule has 0 bridgehead atoms. The molecule has 0 aromatic heterocycles. The van der Waals surface area contributed by atoms with Gasteiger partial charge in [0, 0.05) is 43.4 Å². The van der Waals surface area contributed by atoms with Crippen molar-refractivity contribution in [3.05, 3.63) is 29.8 Å². The van der Waals surface area contributed by atoms with E-state index in [1.807, 2.05) is 17.0 Å². The predicted octanol–water partition coefficient (Wildman–Crippen LogP) is 1.01. The number of aliphatic hydroxyl groups excluding tert-OH is 1. The van der Waals surface area contributed by atoms with E-state index in [1.165, 1.54) is 10.5 Å². The Bertz CT molecular complexity index is 487. The SMILES string of the molecule is O=C(C1CSc2ccccc21)N1CCN(CCO)CC1. The van der Waals surface area contributed by atoms with Crippen molar-refractivity contribution >= 4 is 17.7 Å². The summed E-state index contributed by atoms with van der Waals surface area (Å²) in [4.78, 5) is 18.1. The van der Waals surface area contributed by atoms with Crippen LogP contribution >= 0.6 is 11.8 Å². The molecule has 2 aliphatic heterocycles. The molecular formula is C15H20N2O2S. The summed E-state index contributed by atoms with van der Waals surface area (Å²) in [5.41, 5.74) is 1.19. The number of benzene rings is 1. The van der Waals surface area contributed by atoms with Crippen LogP contribution in [0.3, 0.4) is 0 Å². The van der Waals surface area contributed by atoms with E-state index >= 15 is 0 Å². The van der Waals surface area contributed by atoms with Crippen molar-refractivity contribution < 1.29 is 9.90 Å². The summed E-state index contributed by atoms with van der Waals surface area (Å²) in [5.74, 6) is 1.17. The highest BCUT2D eigenvalue weighted by atomic mass is 32.2. The van der Waals surface area contributed by atoms with Gasteiger partial charge in [-0.2, -0.15) is 0 Å². The van der Waals surface area contributed by atoms with Crippen LogP contribution in [-0.4, -0.2) is 65.9 Å². The van der Waals surface area contributed by atoms with Crippen molar-refractivity contribution in [1.29, 1.82) is 0 Å². The van der Waals surface area contributed by atoms with Gasteiger partial charge in [-0.25, -0.2) is 0 Å². The first-order valence-corrected chi connectivity index (χ1v) is 8.12. The van der Waals surface area contributed by atoms with Crippen LogP contribution in [0.1, 0.15) is 11.5 Å². The lowest BCUT2D eigenvalue weighted by Gasteiger charge is -2.35. The smallest absolute Gasteiger partial charge is 0.231 e. The molecule has 1 amide bonds. The molecule has 108 valence electrons. The van der Waals surface area contributed by atoms with Crippen molar-refractivity contribution in [2.75, 3.05) is 45.1 Å². The Kier molecular flexibility index (Phi) is 4.29. The van der Waals surface area contributed by atoms with Gasteiger partial charge in [0.1, 0.15) is 0 Å². The second kappa shape index (κ2) is 6.16. The van der Waals surface area contributed by atoms with E-state index in [-0.39, 0.29) is 18.4 Å². The zero-order chi connectivity index (χ0) is 13.9. The number of rotatable bonds is 3. The minimum atomic E-state index is 0.0283. The largest absolute Gasteiger partial charge is 0.395 e. The number of amides is 1. The first kappa shape index (κ1) is 13.9. The van der Waals surface area contributed by atoms with Gasteiger partial charge in [-0.05, 0) is 11.6 Å². The molecule has 1 saturated heterocycles. The molecule has 2 heterocycles. The van der Waals surface area contributed by atoms with Crippen molar-refractivity contribution in [2.24, 2.45) is 0 Å². The summed E-state index contributed by atoms with van der Waals surface area (Å²) in [5, 5.41) is 8.95.